The quantitative estimate of drug-likeness (QED) is 0.675. The third-order valence-electron chi connectivity index (χ3n) is 3.15. The molecule has 0 spiro atoms. The Morgan fingerprint density at radius 3 is 2.50 bits per heavy atom. The minimum absolute atomic E-state index is 0.0361. The topological polar surface area (TPSA) is 85.9 Å². The van der Waals surface area contributed by atoms with Crippen LogP contribution < -0.4 is 10.1 Å². The third-order valence-corrected chi connectivity index (χ3v) is 3.15. The van der Waals surface area contributed by atoms with E-state index in [9.17, 15) is 10.1 Å². The highest BCUT2D eigenvalue weighted by Gasteiger charge is 2.12. The molecular formula is C19H15N3O2. The smallest absolute Gasteiger partial charge is 0.266 e. The molecule has 0 heterocycles. The summed E-state index contributed by atoms with van der Waals surface area (Å²) in [4.78, 5) is 12.3. The van der Waals surface area contributed by atoms with Gasteiger partial charge in [-0.15, -0.1) is 0 Å². The highest BCUT2D eigenvalue weighted by Crippen LogP contribution is 2.24. The van der Waals surface area contributed by atoms with Gasteiger partial charge < -0.3 is 10.1 Å². The van der Waals surface area contributed by atoms with Gasteiger partial charge in [0.1, 0.15) is 17.4 Å². The molecule has 0 radical (unpaired) electrons. The van der Waals surface area contributed by atoms with Crippen LogP contribution in [-0.2, 0) is 4.79 Å². The number of nitriles is 2. The molecule has 0 aromatic heterocycles. The maximum absolute atomic E-state index is 12.3. The number of benzene rings is 2. The fourth-order valence-electron chi connectivity index (χ4n) is 2.01. The van der Waals surface area contributed by atoms with Gasteiger partial charge in [0, 0.05) is 0 Å². The molecule has 0 aliphatic carbocycles. The van der Waals surface area contributed by atoms with Crippen molar-refractivity contribution in [3.8, 4) is 17.9 Å². The fraction of sp³-hybridized carbons (Fsp3) is 0.105. The Morgan fingerprint density at radius 1 is 1.17 bits per heavy atom. The van der Waals surface area contributed by atoms with Crippen molar-refractivity contribution in [3.63, 3.8) is 0 Å². The normalized spacial score (nSPS) is 10.4. The second-order valence-corrected chi connectivity index (χ2v) is 4.79. The van der Waals surface area contributed by atoms with Crippen LogP contribution in [0.2, 0.25) is 0 Å². The van der Waals surface area contributed by atoms with Gasteiger partial charge in [0.05, 0.1) is 23.9 Å². The van der Waals surface area contributed by atoms with E-state index < -0.39 is 5.91 Å². The Bertz CT molecular complexity index is 840. The SMILES string of the molecule is CCOc1ccccc1NC(=O)/C(C#N)=C/c1ccc(C#N)cc1. The summed E-state index contributed by atoms with van der Waals surface area (Å²) in [6, 6.07) is 17.6. The van der Waals surface area contributed by atoms with Crippen LogP contribution in [0, 0.1) is 22.7 Å². The van der Waals surface area contributed by atoms with Crippen molar-refractivity contribution < 1.29 is 9.53 Å². The lowest BCUT2D eigenvalue weighted by atomic mass is 10.1. The number of carbonyl (C=O) groups is 1. The summed E-state index contributed by atoms with van der Waals surface area (Å²) in [5.41, 5.74) is 1.65. The number of carbonyl (C=O) groups excluding carboxylic acids is 1. The summed E-state index contributed by atoms with van der Waals surface area (Å²) < 4.78 is 5.45. The number of ether oxygens (including phenoxy) is 1. The molecule has 0 atom stereocenters. The van der Waals surface area contributed by atoms with Gasteiger partial charge in [-0.25, -0.2) is 0 Å². The zero-order valence-electron chi connectivity index (χ0n) is 13.1. The second-order valence-electron chi connectivity index (χ2n) is 4.79. The van der Waals surface area contributed by atoms with Crippen LogP contribution in [0.1, 0.15) is 18.1 Å². The summed E-state index contributed by atoms with van der Waals surface area (Å²) in [6.07, 6.45) is 1.47. The van der Waals surface area contributed by atoms with Gasteiger partial charge in [-0.1, -0.05) is 24.3 Å². The molecule has 0 aliphatic heterocycles. The average molecular weight is 317 g/mol. The molecule has 2 aromatic carbocycles. The molecule has 1 amide bonds. The first-order valence-corrected chi connectivity index (χ1v) is 7.33. The molecule has 2 aromatic rings. The number of hydrogen-bond acceptors (Lipinski definition) is 4. The van der Waals surface area contributed by atoms with E-state index in [0.717, 1.165) is 0 Å². The van der Waals surface area contributed by atoms with Crippen molar-refractivity contribution in [2.24, 2.45) is 0 Å². The first kappa shape index (κ1) is 16.8. The van der Waals surface area contributed by atoms with Gasteiger partial charge >= 0.3 is 0 Å². The highest BCUT2D eigenvalue weighted by atomic mass is 16.5. The predicted octanol–water partition coefficient (Wildman–Crippen LogP) is 3.50. The summed E-state index contributed by atoms with van der Waals surface area (Å²) >= 11 is 0. The van der Waals surface area contributed by atoms with E-state index in [1.54, 1.807) is 48.5 Å². The van der Waals surface area contributed by atoms with Crippen LogP contribution in [0.25, 0.3) is 6.08 Å². The largest absolute Gasteiger partial charge is 0.492 e. The Balaban J connectivity index is 2.22. The lowest BCUT2D eigenvalue weighted by molar-refractivity contribution is -0.112. The molecule has 5 nitrogen and oxygen atoms in total. The zero-order chi connectivity index (χ0) is 17.4. The summed E-state index contributed by atoms with van der Waals surface area (Å²) in [5, 5.41) is 20.7. The van der Waals surface area contributed by atoms with Crippen LogP contribution in [-0.4, -0.2) is 12.5 Å². The number of nitrogens with zero attached hydrogens (tertiary/aromatic N) is 2. The lowest BCUT2D eigenvalue weighted by Crippen LogP contribution is -2.14. The number of rotatable bonds is 5. The molecule has 5 heteroatoms. The minimum atomic E-state index is -0.519. The van der Waals surface area contributed by atoms with Gasteiger partial charge in [-0.2, -0.15) is 10.5 Å². The standard InChI is InChI=1S/C19H15N3O2/c1-2-24-18-6-4-3-5-17(18)22-19(23)16(13-21)11-14-7-9-15(12-20)10-8-14/h3-11H,2H2,1H3,(H,22,23)/b16-11+. The molecule has 0 saturated carbocycles. The summed E-state index contributed by atoms with van der Waals surface area (Å²) in [5.74, 6) is 0.0259. The molecular weight excluding hydrogens is 302 g/mol. The van der Waals surface area contributed by atoms with Crippen molar-refractivity contribution in [1.82, 2.24) is 0 Å². The molecule has 2 rings (SSSR count). The first-order valence-electron chi connectivity index (χ1n) is 7.33. The van der Waals surface area contributed by atoms with E-state index >= 15 is 0 Å². The van der Waals surface area contributed by atoms with Crippen molar-refractivity contribution in [1.29, 1.82) is 10.5 Å². The Kier molecular flexibility index (Phi) is 5.71. The van der Waals surface area contributed by atoms with Gasteiger partial charge in [0.2, 0.25) is 0 Å². The molecule has 1 N–H and O–H groups in total. The highest BCUT2D eigenvalue weighted by molar-refractivity contribution is 6.10. The van der Waals surface area contributed by atoms with Gasteiger partial charge in [0.15, 0.2) is 0 Å². The molecule has 0 saturated heterocycles. The van der Waals surface area contributed by atoms with E-state index in [1.165, 1.54) is 6.08 Å². The maximum atomic E-state index is 12.3. The Morgan fingerprint density at radius 2 is 1.88 bits per heavy atom. The molecule has 0 fully saturated rings. The number of amides is 1. The maximum Gasteiger partial charge on any atom is 0.266 e. The molecule has 118 valence electrons. The predicted molar refractivity (Wildman–Crippen MR) is 91.0 cm³/mol. The molecule has 24 heavy (non-hydrogen) atoms. The molecule has 0 aliphatic rings. The van der Waals surface area contributed by atoms with E-state index in [4.69, 9.17) is 10.00 Å². The van der Waals surface area contributed by atoms with Crippen molar-refractivity contribution in [3.05, 3.63) is 65.2 Å². The monoisotopic (exact) mass is 317 g/mol. The fourth-order valence-corrected chi connectivity index (χ4v) is 2.01. The second kappa shape index (κ2) is 8.17. The van der Waals surface area contributed by atoms with E-state index in [1.807, 2.05) is 19.1 Å². The number of anilines is 1. The van der Waals surface area contributed by atoms with Crippen LogP contribution in [0.3, 0.4) is 0 Å². The third kappa shape index (κ3) is 4.22. The molecule has 0 bridgehead atoms. The number of para-hydroxylation sites is 2. The first-order chi connectivity index (χ1) is 11.7. The van der Waals surface area contributed by atoms with E-state index in [0.29, 0.717) is 29.2 Å². The van der Waals surface area contributed by atoms with Crippen LogP contribution >= 0.6 is 0 Å². The zero-order valence-corrected chi connectivity index (χ0v) is 13.1. The van der Waals surface area contributed by atoms with Gasteiger partial charge in [0.25, 0.3) is 5.91 Å². The Hall–Kier alpha value is -3.57. The average Bonchev–Trinajstić information content (AvgIpc) is 2.62. The van der Waals surface area contributed by atoms with Crippen LogP contribution in [0.15, 0.2) is 54.1 Å². The number of hydrogen-bond donors (Lipinski definition) is 1. The van der Waals surface area contributed by atoms with Crippen molar-refractivity contribution >= 4 is 17.7 Å². The summed E-state index contributed by atoms with van der Waals surface area (Å²) in [6.45, 7) is 2.32. The van der Waals surface area contributed by atoms with E-state index in [-0.39, 0.29) is 5.57 Å². The van der Waals surface area contributed by atoms with Gasteiger partial charge in [-0.05, 0) is 42.8 Å². The number of nitrogens with one attached hydrogen (secondary N) is 1. The van der Waals surface area contributed by atoms with Crippen LogP contribution in [0.4, 0.5) is 5.69 Å². The van der Waals surface area contributed by atoms with Crippen LogP contribution in [0.5, 0.6) is 5.75 Å². The lowest BCUT2D eigenvalue weighted by Gasteiger charge is -2.10. The Labute approximate surface area is 140 Å². The van der Waals surface area contributed by atoms with E-state index in [2.05, 4.69) is 5.32 Å². The van der Waals surface area contributed by atoms with Crippen molar-refractivity contribution in [2.45, 2.75) is 6.92 Å². The van der Waals surface area contributed by atoms with Crippen molar-refractivity contribution in [2.75, 3.05) is 11.9 Å². The summed E-state index contributed by atoms with van der Waals surface area (Å²) in [7, 11) is 0. The van der Waals surface area contributed by atoms with Gasteiger partial charge in [-0.3, -0.25) is 4.79 Å². The molecule has 0 unspecified atom stereocenters. The minimum Gasteiger partial charge on any atom is -0.492 e.